The van der Waals surface area contributed by atoms with Crippen molar-refractivity contribution in [3.63, 3.8) is 0 Å². The molecule has 0 saturated heterocycles. The van der Waals surface area contributed by atoms with Crippen LogP contribution in [-0.2, 0) is 9.59 Å². The lowest BCUT2D eigenvalue weighted by atomic mass is 9.76. The van der Waals surface area contributed by atoms with Crippen LogP contribution in [0, 0.1) is 11.3 Å². The number of aliphatic carboxylic acids is 1. The molecule has 5 heteroatoms. The van der Waals surface area contributed by atoms with Crippen LogP contribution in [0.3, 0.4) is 0 Å². The fourth-order valence-electron chi connectivity index (χ4n) is 1.60. The normalized spacial score (nSPS) is 13.9. The number of hydrogen-bond donors (Lipinski definition) is 2. The van der Waals surface area contributed by atoms with Crippen molar-refractivity contribution >= 4 is 33.5 Å². The Morgan fingerprint density at radius 3 is 2.26 bits per heavy atom. The third-order valence-corrected chi connectivity index (χ3v) is 3.95. The second kappa shape index (κ2) is 6.19. The number of hydrogen-bond acceptors (Lipinski definition) is 2. The van der Waals surface area contributed by atoms with Gasteiger partial charge in [0, 0.05) is 16.6 Å². The third kappa shape index (κ3) is 4.06. The number of rotatable bonds is 5. The SMILES string of the molecule is CC(C)C(C)(CC(=O)Nc1ccc(Br)cc1)C(=O)O. The summed E-state index contributed by atoms with van der Waals surface area (Å²) in [4.78, 5) is 23.2. The van der Waals surface area contributed by atoms with Gasteiger partial charge in [-0.1, -0.05) is 29.8 Å². The average Bonchev–Trinajstić information content (AvgIpc) is 2.31. The Kier molecular flexibility index (Phi) is 5.11. The van der Waals surface area contributed by atoms with E-state index < -0.39 is 11.4 Å². The van der Waals surface area contributed by atoms with Gasteiger partial charge < -0.3 is 10.4 Å². The van der Waals surface area contributed by atoms with E-state index in [-0.39, 0.29) is 18.2 Å². The number of carboxylic acid groups (broad SMARTS) is 1. The Morgan fingerprint density at radius 1 is 1.32 bits per heavy atom. The highest BCUT2D eigenvalue weighted by molar-refractivity contribution is 9.10. The van der Waals surface area contributed by atoms with Crippen LogP contribution in [0.4, 0.5) is 5.69 Å². The van der Waals surface area contributed by atoms with E-state index in [1.807, 2.05) is 12.1 Å². The number of carboxylic acids is 1. The van der Waals surface area contributed by atoms with Crippen molar-refractivity contribution in [2.45, 2.75) is 27.2 Å². The van der Waals surface area contributed by atoms with Gasteiger partial charge in [0.25, 0.3) is 0 Å². The zero-order valence-corrected chi connectivity index (χ0v) is 12.8. The summed E-state index contributed by atoms with van der Waals surface area (Å²) in [6, 6.07) is 7.15. The highest BCUT2D eigenvalue weighted by atomic mass is 79.9. The molecular formula is C14H18BrNO3. The van der Waals surface area contributed by atoms with E-state index >= 15 is 0 Å². The molecule has 0 bridgehead atoms. The number of carbonyl (C=O) groups excluding carboxylic acids is 1. The van der Waals surface area contributed by atoms with Gasteiger partial charge in [0.05, 0.1) is 5.41 Å². The number of halogens is 1. The van der Waals surface area contributed by atoms with Gasteiger partial charge in [-0.15, -0.1) is 0 Å². The maximum absolute atomic E-state index is 11.9. The molecule has 0 fully saturated rings. The molecule has 0 aliphatic carbocycles. The molecule has 19 heavy (non-hydrogen) atoms. The number of anilines is 1. The van der Waals surface area contributed by atoms with Crippen LogP contribution in [0.25, 0.3) is 0 Å². The summed E-state index contributed by atoms with van der Waals surface area (Å²) in [5.41, 5.74) is -0.399. The van der Waals surface area contributed by atoms with Crippen molar-refractivity contribution in [3.05, 3.63) is 28.7 Å². The van der Waals surface area contributed by atoms with Crippen LogP contribution in [0.15, 0.2) is 28.7 Å². The first-order chi connectivity index (χ1) is 8.75. The molecule has 0 aromatic heterocycles. The summed E-state index contributed by atoms with van der Waals surface area (Å²) >= 11 is 3.31. The minimum absolute atomic E-state index is 0.0456. The maximum Gasteiger partial charge on any atom is 0.310 e. The van der Waals surface area contributed by atoms with E-state index in [2.05, 4.69) is 21.2 Å². The lowest BCUT2D eigenvalue weighted by molar-refractivity contribution is -0.153. The molecule has 2 N–H and O–H groups in total. The van der Waals surface area contributed by atoms with Gasteiger partial charge in [-0.25, -0.2) is 0 Å². The van der Waals surface area contributed by atoms with Crippen LogP contribution in [-0.4, -0.2) is 17.0 Å². The van der Waals surface area contributed by atoms with E-state index in [4.69, 9.17) is 0 Å². The van der Waals surface area contributed by atoms with Crippen molar-refractivity contribution < 1.29 is 14.7 Å². The summed E-state index contributed by atoms with van der Waals surface area (Å²) in [5, 5.41) is 12.0. The van der Waals surface area contributed by atoms with Crippen molar-refractivity contribution in [3.8, 4) is 0 Å². The van der Waals surface area contributed by atoms with Crippen molar-refractivity contribution in [1.82, 2.24) is 0 Å². The Hall–Kier alpha value is -1.36. The van der Waals surface area contributed by atoms with Gasteiger partial charge in [-0.05, 0) is 37.1 Å². The fraction of sp³-hybridized carbons (Fsp3) is 0.429. The third-order valence-electron chi connectivity index (χ3n) is 3.42. The van der Waals surface area contributed by atoms with Crippen molar-refractivity contribution in [2.75, 3.05) is 5.32 Å². The van der Waals surface area contributed by atoms with Gasteiger partial charge >= 0.3 is 5.97 Å². The van der Waals surface area contributed by atoms with E-state index in [1.54, 1.807) is 32.9 Å². The molecule has 1 amide bonds. The zero-order valence-electron chi connectivity index (χ0n) is 11.2. The second-order valence-electron chi connectivity index (χ2n) is 5.11. The monoisotopic (exact) mass is 327 g/mol. The first-order valence-corrected chi connectivity index (χ1v) is 6.84. The molecule has 1 unspecified atom stereocenters. The zero-order chi connectivity index (χ0) is 14.6. The molecule has 0 heterocycles. The number of benzene rings is 1. The highest BCUT2D eigenvalue weighted by Gasteiger charge is 2.38. The van der Waals surface area contributed by atoms with Crippen molar-refractivity contribution in [1.29, 1.82) is 0 Å². The van der Waals surface area contributed by atoms with E-state index in [0.29, 0.717) is 5.69 Å². The quantitative estimate of drug-likeness (QED) is 0.869. The molecular weight excluding hydrogens is 310 g/mol. The van der Waals surface area contributed by atoms with Gasteiger partial charge in [-0.2, -0.15) is 0 Å². The summed E-state index contributed by atoms with van der Waals surface area (Å²) in [6.45, 7) is 5.21. The number of nitrogens with one attached hydrogen (secondary N) is 1. The van der Waals surface area contributed by atoms with Crippen molar-refractivity contribution in [2.24, 2.45) is 11.3 Å². The highest BCUT2D eigenvalue weighted by Crippen LogP contribution is 2.31. The smallest absolute Gasteiger partial charge is 0.310 e. The molecule has 0 saturated carbocycles. The van der Waals surface area contributed by atoms with Crippen LogP contribution < -0.4 is 5.32 Å². The molecule has 1 aromatic carbocycles. The lowest BCUT2D eigenvalue weighted by Gasteiger charge is -2.28. The van der Waals surface area contributed by atoms with Gasteiger partial charge in [0.15, 0.2) is 0 Å². The topological polar surface area (TPSA) is 66.4 Å². The Labute approximate surface area is 121 Å². The number of amides is 1. The molecule has 1 rings (SSSR count). The van der Waals surface area contributed by atoms with Crippen LogP contribution in [0.2, 0.25) is 0 Å². The molecule has 0 radical (unpaired) electrons. The van der Waals surface area contributed by atoms with E-state index in [9.17, 15) is 14.7 Å². The Morgan fingerprint density at radius 2 is 1.84 bits per heavy atom. The predicted molar refractivity (Wildman–Crippen MR) is 78.0 cm³/mol. The lowest BCUT2D eigenvalue weighted by Crippen LogP contribution is -2.37. The van der Waals surface area contributed by atoms with Crippen LogP contribution in [0.5, 0.6) is 0 Å². The van der Waals surface area contributed by atoms with E-state index in [0.717, 1.165) is 4.47 Å². The molecule has 0 aliphatic heterocycles. The molecule has 1 atom stereocenters. The first kappa shape index (κ1) is 15.7. The number of carbonyl (C=O) groups is 2. The van der Waals surface area contributed by atoms with Gasteiger partial charge in [-0.3, -0.25) is 9.59 Å². The maximum atomic E-state index is 11.9. The second-order valence-corrected chi connectivity index (χ2v) is 6.02. The summed E-state index contributed by atoms with van der Waals surface area (Å²) in [7, 11) is 0. The van der Waals surface area contributed by atoms with Crippen LogP contribution >= 0.6 is 15.9 Å². The largest absolute Gasteiger partial charge is 0.481 e. The van der Waals surface area contributed by atoms with Gasteiger partial charge in [0.1, 0.15) is 0 Å². The Balaban J connectivity index is 2.74. The molecule has 0 spiro atoms. The first-order valence-electron chi connectivity index (χ1n) is 6.04. The molecule has 1 aromatic rings. The van der Waals surface area contributed by atoms with E-state index in [1.165, 1.54) is 0 Å². The summed E-state index contributed by atoms with van der Waals surface area (Å²) in [5.74, 6) is -1.37. The molecule has 0 aliphatic rings. The minimum atomic E-state index is -1.06. The fourth-order valence-corrected chi connectivity index (χ4v) is 1.86. The summed E-state index contributed by atoms with van der Waals surface area (Å²) in [6.07, 6.45) is -0.0456. The summed E-state index contributed by atoms with van der Waals surface area (Å²) < 4.78 is 0.919. The predicted octanol–water partition coefficient (Wildman–Crippen LogP) is 3.52. The van der Waals surface area contributed by atoms with Gasteiger partial charge in [0.2, 0.25) is 5.91 Å². The minimum Gasteiger partial charge on any atom is -0.481 e. The molecule has 104 valence electrons. The Bertz CT molecular complexity index is 470. The van der Waals surface area contributed by atoms with Crippen LogP contribution in [0.1, 0.15) is 27.2 Å². The average molecular weight is 328 g/mol. The standard InChI is InChI=1S/C14H18BrNO3/c1-9(2)14(3,13(18)19)8-12(17)16-11-6-4-10(15)5-7-11/h4-7,9H,8H2,1-3H3,(H,16,17)(H,18,19). The molecule has 4 nitrogen and oxygen atoms in total.